The summed E-state index contributed by atoms with van der Waals surface area (Å²) in [5.41, 5.74) is 0. The van der Waals surface area contributed by atoms with Gasteiger partial charge < -0.3 is 24.4 Å². The van der Waals surface area contributed by atoms with E-state index in [1.807, 2.05) is 0 Å². The van der Waals surface area contributed by atoms with E-state index < -0.39 is 30.6 Å². The molecule has 80 valence electrons. The Hall–Kier alpha value is -1.18. The minimum Gasteiger partial charge on any atom is -0.479 e. The van der Waals surface area contributed by atoms with Crippen LogP contribution in [-0.4, -0.2) is 47.4 Å². The molecule has 1 aliphatic rings. The molecule has 0 aromatic rings. The Bertz CT molecular complexity index is 216. The molecule has 0 saturated carbocycles. The fraction of sp³-hybridized carbons (Fsp3) is 0.714. The average Bonchev–Trinajstić information content (AvgIpc) is 2.49. The number of hydrogen-bond donors (Lipinski definition) is 2. The molecule has 0 radical (unpaired) electrons. The first-order valence-corrected chi connectivity index (χ1v) is 3.94. The van der Waals surface area contributed by atoms with Crippen molar-refractivity contribution in [2.45, 2.75) is 25.6 Å². The van der Waals surface area contributed by atoms with Crippen molar-refractivity contribution >= 4 is 11.9 Å². The standard InChI is InChI=1S/C7H10O7/c1-2-12-7-13-3(5(8)9)4(14-7)6(10)11/h3-4,7H,2H2,1H3,(H,8,9)(H,10,11)/t3-,4-/m0/s1. The molecule has 0 unspecified atom stereocenters. The van der Waals surface area contributed by atoms with Gasteiger partial charge in [0.2, 0.25) is 0 Å². The van der Waals surface area contributed by atoms with E-state index in [0.717, 1.165) is 0 Å². The van der Waals surface area contributed by atoms with E-state index in [2.05, 4.69) is 0 Å². The van der Waals surface area contributed by atoms with Crippen LogP contribution in [0, 0.1) is 0 Å². The first-order chi connectivity index (χ1) is 6.56. The molecule has 0 bridgehead atoms. The second-order valence-corrected chi connectivity index (χ2v) is 2.53. The van der Waals surface area contributed by atoms with Gasteiger partial charge in [-0.05, 0) is 6.92 Å². The lowest BCUT2D eigenvalue weighted by Gasteiger charge is -2.07. The number of carbonyl (C=O) groups is 2. The van der Waals surface area contributed by atoms with Crippen molar-refractivity contribution < 1.29 is 34.0 Å². The van der Waals surface area contributed by atoms with Crippen molar-refractivity contribution in [1.82, 2.24) is 0 Å². The largest absolute Gasteiger partial charge is 0.479 e. The zero-order valence-electron chi connectivity index (χ0n) is 7.37. The van der Waals surface area contributed by atoms with Crippen molar-refractivity contribution in [3.8, 4) is 0 Å². The van der Waals surface area contributed by atoms with Crippen molar-refractivity contribution in [3.05, 3.63) is 0 Å². The van der Waals surface area contributed by atoms with Crippen LogP contribution >= 0.6 is 0 Å². The van der Waals surface area contributed by atoms with E-state index in [9.17, 15) is 9.59 Å². The van der Waals surface area contributed by atoms with Gasteiger partial charge in [0.25, 0.3) is 6.48 Å². The highest BCUT2D eigenvalue weighted by molar-refractivity contribution is 5.84. The van der Waals surface area contributed by atoms with Crippen molar-refractivity contribution in [2.75, 3.05) is 6.61 Å². The van der Waals surface area contributed by atoms with Crippen LogP contribution in [-0.2, 0) is 23.8 Å². The summed E-state index contributed by atoms with van der Waals surface area (Å²) in [7, 11) is 0. The molecule has 1 fully saturated rings. The molecule has 7 nitrogen and oxygen atoms in total. The Morgan fingerprint density at radius 1 is 1.21 bits per heavy atom. The highest BCUT2D eigenvalue weighted by Crippen LogP contribution is 2.20. The van der Waals surface area contributed by atoms with Gasteiger partial charge in [-0.1, -0.05) is 0 Å². The smallest absolute Gasteiger partial charge is 0.336 e. The zero-order valence-corrected chi connectivity index (χ0v) is 7.37. The Morgan fingerprint density at radius 3 is 1.93 bits per heavy atom. The number of ether oxygens (including phenoxy) is 3. The van der Waals surface area contributed by atoms with Crippen LogP contribution in [0.25, 0.3) is 0 Å². The van der Waals surface area contributed by atoms with Crippen LogP contribution in [0.3, 0.4) is 0 Å². The average molecular weight is 206 g/mol. The maximum absolute atomic E-state index is 10.5. The summed E-state index contributed by atoms with van der Waals surface area (Å²) >= 11 is 0. The highest BCUT2D eigenvalue weighted by Gasteiger charge is 2.46. The predicted molar refractivity (Wildman–Crippen MR) is 40.4 cm³/mol. The van der Waals surface area contributed by atoms with Crippen LogP contribution in [0.15, 0.2) is 0 Å². The van der Waals surface area contributed by atoms with Gasteiger partial charge in [0, 0.05) is 6.61 Å². The van der Waals surface area contributed by atoms with Gasteiger partial charge in [-0.3, -0.25) is 0 Å². The maximum atomic E-state index is 10.5. The highest BCUT2D eigenvalue weighted by atomic mass is 16.9. The van der Waals surface area contributed by atoms with E-state index in [1.54, 1.807) is 6.92 Å². The quantitative estimate of drug-likeness (QED) is 0.624. The molecule has 0 aliphatic carbocycles. The minimum atomic E-state index is -1.52. The molecule has 0 amide bonds. The topological polar surface area (TPSA) is 102 Å². The van der Waals surface area contributed by atoms with Crippen molar-refractivity contribution in [2.24, 2.45) is 0 Å². The van der Waals surface area contributed by atoms with E-state index in [0.29, 0.717) is 0 Å². The normalized spacial score (nSPS) is 27.8. The number of rotatable bonds is 4. The van der Waals surface area contributed by atoms with Crippen LogP contribution < -0.4 is 0 Å². The lowest BCUT2D eigenvalue weighted by molar-refractivity contribution is -0.241. The van der Waals surface area contributed by atoms with Gasteiger partial charge in [0.05, 0.1) is 0 Å². The third-order valence-electron chi connectivity index (χ3n) is 1.58. The van der Waals surface area contributed by atoms with Gasteiger partial charge in [-0.2, -0.15) is 0 Å². The van der Waals surface area contributed by atoms with Gasteiger partial charge in [0.15, 0.2) is 12.2 Å². The van der Waals surface area contributed by atoms with Crippen molar-refractivity contribution in [1.29, 1.82) is 0 Å². The summed E-state index contributed by atoms with van der Waals surface area (Å²) in [6, 6.07) is 0. The van der Waals surface area contributed by atoms with Gasteiger partial charge in [0.1, 0.15) is 0 Å². The Labute approximate surface area is 79.2 Å². The molecular weight excluding hydrogens is 196 g/mol. The van der Waals surface area contributed by atoms with Crippen LogP contribution in [0.1, 0.15) is 6.92 Å². The monoisotopic (exact) mass is 206 g/mol. The summed E-state index contributed by atoms with van der Waals surface area (Å²) < 4.78 is 14.2. The SMILES string of the molecule is CCOC1O[C@H](C(=O)O)[C@@H](C(=O)O)O1. The molecule has 0 aromatic heterocycles. The summed E-state index contributed by atoms with van der Waals surface area (Å²) in [6.45, 7) is 0.669. The second kappa shape index (κ2) is 4.36. The van der Waals surface area contributed by atoms with Crippen LogP contribution in [0.5, 0.6) is 0 Å². The number of carboxylic acid groups (broad SMARTS) is 2. The van der Waals surface area contributed by atoms with E-state index in [4.69, 9.17) is 24.4 Å². The van der Waals surface area contributed by atoms with Gasteiger partial charge in [-0.25, -0.2) is 9.59 Å². The van der Waals surface area contributed by atoms with E-state index in [1.165, 1.54) is 0 Å². The molecule has 2 N–H and O–H groups in total. The predicted octanol–water partition coefficient (Wildman–Crippen LogP) is -0.740. The Kier molecular flexibility index (Phi) is 3.39. The molecule has 1 heterocycles. The van der Waals surface area contributed by atoms with Gasteiger partial charge >= 0.3 is 11.9 Å². The third kappa shape index (κ3) is 2.19. The molecule has 1 rings (SSSR count). The zero-order chi connectivity index (χ0) is 10.7. The molecular formula is C7H10O7. The van der Waals surface area contributed by atoms with Crippen LogP contribution in [0.4, 0.5) is 0 Å². The first-order valence-electron chi connectivity index (χ1n) is 3.94. The number of carboxylic acids is 2. The summed E-state index contributed by atoms with van der Waals surface area (Å²) in [4.78, 5) is 21.1. The minimum absolute atomic E-state index is 0.239. The Morgan fingerprint density at radius 2 is 1.64 bits per heavy atom. The molecule has 0 spiro atoms. The fourth-order valence-electron chi connectivity index (χ4n) is 1.00. The summed E-state index contributed by atoms with van der Waals surface area (Å²) in [5, 5.41) is 17.2. The van der Waals surface area contributed by atoms with Crippen LogP contribution in [0.2, 0.25) is 0 Å². The van der Waals surface area contributed by atoms with Gasteiger partial charge in [-0.15, -0.1) is 0 Å². The Balaban J connectivity index is 2.65. The third-order valence-corrected chi connectivity index (χ3v) is 1.58. The molecule has 1 aliphatic heterocycles. The van der Waals surface area contributed by atoms with E-state index in [-0.39, 0.29) is 6.61 Å². The summed E-state index contributed by atoms with van der Waals surface area (Å²) in [6.07, 6.45) is -3.05. The first kappa shape index (κ1) is 10.9. The number of hydrogen-bond acceptors (Lipinski definition) is 5. The molecule has 14 heavy (non-hydrogen) atoms. The summed E-state index contributed by atoms with van der Waals surface area (Å²) in [5.74, 6) is -2.78. The molecule has 2 atom stereocenters. The fourth-order valence-corrected chi connectivity index (χ4v) is 1.00. The second-order valence-electron chi connectivity index (χ2n) is 2.53. The van der Waals surface area contributed by atoms with Crippen molar-refractivity contribution in [3.63, 3.8) is 0 Å². The number of aliphatic carboxylic acids is 2. The molecule has 1 saturated heterocycles. The molecule has 0 aromatic carbocycles. The molecule has 7 heteroatoms. The maximum Gasteiger partial charge on any atom is 0.336 e. The van der Waals surface area contributed by atoms with E-state index >= 15 is 0 Å². The lowest BCUT2D eigenvalue weighted by Crippen LogP contribution is -2.36. The lowest BCUT2D eigenvalue weighted by atomic mass is 10.2.